The van der Waals surface area contributed by atoms with Crippen LogP contribution >= 0.6 is 0 Å². The zero-order valence-corrected chi connectivity index (χ0v) is 10.6. The van der Waals surface area contributed by atoms with E-state index in [9.17, 15) is 10.1 Å². The fourth-order valence-electron chi connectivity index (χ4n) is 2.09. The molecule has 1 fully saturated rings. The maximum absolute atomic E-state index is 10.7. The molecule has 1 N–H and O–H groups in total. The Bertz CT molecular complexity index is 456. The van der Waals surface area contributed by atoms with Gasteiger partial charge in [-0.05, 0) is 32.8 Å². The number of aryl methyl sites for hydroxylation is 1. The zero-order valence-electron chi connectivity index (χ0n) is 10.6. The summed E-state index contributed by atoms with van der Waals surface area (Å²) in [5.41, 5.74) is 0.496. The Balaban J connectivity index is 2.02. The van der Waals surface area contributed by atoms with Crippen molar-refractivity contribution in [1.82, 2.24) is 4.98 Å². The van der Waals surface area contributed by atoms with E-state index >= 15 is 0 Å². The number of nitro groups is 1. The molecular weight excluding hydrogens is 234 g/mol. The third kappa shape index (κ3) is 2.76. The number of pyridine rings is 1. The lowest BCUT2D eigenvalue weighted by Gasteiger charge is -2.23. The molecule has 0 bridgehead atoms. The smallest absolute Gasteiger partial charge is 0.290 e. The van der Waals surface area contributed by atoms with Crippen molar-refractivity contribution in [1.29, 1.82) is 0 Å². The number of hydrogen-bond donors (Lipinski definition) is 1. The number of ether oxygens (including phenoxy) is 1. The molecule has 1 atom stereocenters. The Kier molecular flexibility index (Phi) is 3.47. The van der Waals surface area contributed by atoms with E-state index in [1.165, 1.54) is 6.20 Å². The summed E-state index contributed by atoms with van der Waals surface area (Å²) in [6.07, 6.45) is 3.38. The van der Waals surface area contributed by atoms with Crippen molar-refractivity contribution >= 4 is 11.5 Å². The number of nitrogens with one attached hydrogen (secondary N) is 1. The average Bonchev–Trinajstić information content (AvgIpc) is 2.74. The zero-order chi connectivity index (χ0) is 13.2. The lowest BCUT2D eigenvalue weighted by molar-refractivity contribution is -0.385. The van der Waals surface area contributed by atoms with Crippen molar-refractivity contribution in [3.8, 4) is 0 Å². The van der Waals surface area contributed by atoms with Gasteiger partial charge in [0.05, 0.1) is 10.5 Å². The first kappa shape index (κ1) is 12.8. The van der Waals surface area contributed by atoms with Gasteiger partial charge in [-0.1, -0.05) is 0 Å². The maximum Gasteiger partial charge on any atom is 0.290 e. The molecule has 0 amide bonds. The van der Waals surface area contributed by atoms with Crippen LogP contribution in [-0.4, -0.2) is 28.7 Å². The molecule has 6 heteroatoms. The van der Waals surface area contributed by atoms with Gasteiger partial charge in [-0.25, -0.2) is 4.98 Å². The number of nitrogens with zero attached hydrogens (tertiary/aromatic N) is 2. The highest BCUT2D eigenvalue weighted by atomic mass is 16.6. The van der Waals surface area contributed by atoms with Gasteiger partial charge in [-0.2, -0.15) is 0 Å². The summed E-state index contributed by atoms with van der Waals surface area (Å²) in [4.78, 5) is 14.3. The van der Waals surface area contributed by atoms with Gasteiger partial charge in [0.1, 0.15) is 12.0 Å². The van der Waals surface area contributed by atoms with Crippen LogP contribution in [0.15, 0.2) is 12.3 Å². The van der Waals surface area contributed by atoms with Gasteiger partial charge < -0.3 is 10.1 Å². The molecule has 1 aromatic heterocycles. The predicted octanol–water partition coefficient (Wildman–Crippen LogP) is 2.28. The molecule has 0 aromatic carbocycles. The highest BCUT2D eigenvalue weighted by Crippen LogP contribution is 2.26. The topological polar surface area (TPSA) is 77.3 Å². The fraction of sp³-hybridized carbons (Fsp3) is 0.583. The van der Waals surface area contributed by atoms with Crippen molar-refractivity contribution in [3.05, 3.63) is 27.9 Å². The Hall–Kier alpha value is -1.69. The van der Waals surface area contributed by atoms with Crippen LogP contribution in [0.3, 0.4) is 0 Å². The molecule has 0 saturated carbocycles. The van der Waals surface area contributed by atoms with Crippen LogP contribution in [0.5, 0.6) is 0 Å². The quantitative estimate of drug-likeness (QED) is 0.656. The molecule has 2 heterocycles. The van der Waals surface area contributed by atoms with E-state index in [2.05, 4.69) is 17.2 Å². The largest absolute Gasteiger partial charge is 0.373 e. The molecule has 18 heavy (non-hydrogen) atoms. The van der Waals surface area contributed by atoms with E-state index < -0.39 is 4.92 Å². The van der Waals surface area contributed by atoms with Crippen LogP contribution in [0.25, 0.3) is 0 Å². The first-order valence-corrected chi connectivity index (χ1v) is 5.99. The van der Waals surface area contributed by atoms with Gasteiger partial charge >= 0.3 is 0 Å². The number of aromatic nitrogens is 1. The van der Waals surface area contributed by atoms with Crippen molar-refractivity contribution in [2.24, 2.45) is 0 Å². The number of hydrogen-bond acceptors (Lipinski definition) is 5. The summed E-state index contributed by atoms with van der Waals surface area (Å²) in [6.45, 7) is 5.23. The van der Waals surface area contributed by atoms with Crippen molar-refractivity contribution in [2.45, 2.75) is 32.3 Å². The highest BCUT2D eigenvalue weighted by Gasteiger charge is 2.29. The monoisotopic (exact) mass is 251 g/mol. The summed E-state index contributed by atoms with van der Waals surface area (Å²) >= 11 is 0. The second-order valence-corrected chi connectivity index (χ2v) is 4.87. The van der Waals surface area contributed by atoms with E-state index in [1.54, 1.807) is 13.0 Å². The van der Waals surface area contributed by atoms with Crippen LogP contribution in [0.4, 0.5) is 11.5 Å². The molecule has 6 nitrogen and oxygen atoms in total. The number of rotatable bonds is 4. The lowest BCUT2D eigenvalue weighted by atomic mass is 10.0. The van der Waals surface area contributed by atoms with Crippen LogP contribution in [0.1, 0.15) is 25.3 Å². The third-order valence-corrected chi connectivity index (χ3v) is 3.22. The summed E-state index contributed by atoms with van der Waals surface area (Å²) < 4.78 is 5.66. The highest BCUT2D eigenvalue weighted by molar-refractivity contribution is 5.46. The molecule has 0 aliphatic carbocycles. The summed E-state index contributed by atoms with van der Waals surface area (Å²) in [5.74, 6) is 0.648. The molecule has 0 radical (unpaired) electrons. The molecule has 0 spiro atoms. The summed E-state index contributed by atoms with van der Waals surface area (Å²) in [7, 11) is 0. The van der Waals surface area contributed by atoms with E-state index in [0.717, 1.165) is 19.4 Å². The standard InChI is InChI=1S/C12H17N3O3/c1-9-6-11(13-7-10(9)15(16)17)14-8-12(2)4-3-5-18-12/h6-7H,3-5,8H2,1-2H3,(H,13,14). The SMILES string of the molecule is Cc1cc(NCC2(C)CCCO2)ncc1[N+](=O)[O-]. The van der Waals surface area contributed by atoms with E-state index in [1.807, 2.05) is 0 Å². The Labute approximate surface area is 106 Å². The molecule has 1 saturated heterocycles. The van der Waals surface area contributed by atoms with Gasteiger partial charge in [0.25, 0.3) is 5.69 Å². The fourth-order valence-corrected chi connectivity index (χ4v) is 2.09. The average molecular weight is 251 g/mol. The van der Waals surface area contributed by atoms with Crippen LogP contribution in [-0.2, 0) is 4.74 Å². The molecule has 1 aromatic rings. The first-order valence-electron chi connectivity index (χ1n) is 5.99. The Morgan fingerprint density at radius 2 is 2.44 bits per heavy atom. The van der Waals surface area contributed by atoms with Crippen molar-refractivity contribution in [2.75, 3.05) is 18.5 Å². The van der Waals surface area contributed by atoms with Gasteiger partial charge in [0.15, 0.2) is 0 Å². The van der Waals surface area contributed by atoms with Crippen molar-refractivity contribution in [3.63, 3.8) is 0 Å². The minimum atomic E-state index is -0.423. The van der Waals surface area contributed by atoms with Gasteiger partial charge in [-0.15, -0.1) is 0 Å². The normalized spacial score (nSPS) is 23.0. The van der Waals surface area contributed by atoms with Crippen LogP contribution in [0.2, 0.25) is 0 Å². The lowest BCUT2D eigenvalue weighted by Crippen LogP contribution is -2.32. The minimum absolute atomic E-state index is 0.0453. The van der Waals surface area contributed by atoms with E-state index in [0.29, 0.717) is 17.9 Å². The van der Waals surface area contributed by atoms with E-state index in [4.69, 9.17) is 4.74 Å². The summed E-state index contributed by atoms with van der Waals surface area (Å²) in [5, 5.41) is 13.9. The van der Waals surface area contributed by atoms with Crippen LogP contribution in [0, 0.1) is 17.0 Å². The minimum Gasteiger partial charge on any atom is -0.373 e. The van der Waals surface area contributed by atoms with Gasteiger partial charge in [0.2, 0.25) is 0 Å². The molecular formula is C12H17N3O3. The van der Waals surface area contributed by atoms with Gasteiger partial charge in [-0.3, -0.25) is 10.1 Å². The maximum atomic E-state index is 10.7. The summed E-state index contributed by atoms with van der Waals surface area (Å²) in [6, 6.07) is 1.69. The Morgan fingerprint density at radius 1 is 1.67 bits per heavy atom. The predicted molar refractivity (Wildman–Crippen MR) is 67.7 cm³/mol. The molecule has 1 aliphatic heterocycles. The van der Waals surface area contributed by atoms with Gasteiger partial charge in [0, 0.05) is 18.7 Å². The molecule has 2 rings (SSSR count). The molecule has 1 unspecified atom stereocenters. The molecule has 98 valence electrons. The molecule has 1 aliphatic rings. The van der Waals surface area contributed by atoms with Crippen LogP contribution < -0.4 is 5.32 Å². The Morgan fingerprint density at radius 3 is 3.00 bits per heavy atom. The van der Waals surface area contributed by atoms with E-state index in [-0.39, 0.29) is 11.3 Å². The van der Waals surface area contributed by atoms with Crippen molar-refractivity contribution < 1.29 is 9.66 Å². The third-order valence-electron chi connectivity index (χ3n) is 3.22. The first-order chi connectivity index (χ1) is 8.50. The second kappa shape index (κ2) is 4.89. The number of anilines is 1. The second-order valence-electron chi connectivity index (χ2n) is 4.87.